The molecule has 0 amide bonds. The van der Waals surface area contributed by atoms with E-state index in [0.29, 0.717) is 5.56 Å². The van der Waals surface area contributed by atoms with Crippen LogP contribution in [0.4, 0.5) is 0 Å². The summed E-state index contributed by atoms with van der Waals surface area (Å²) in [5.41, 5.74) is 5.45. The normalized spacial score (nSPS) is 10.9. The number of aryl methyl sites for hydroxylation is 1. The van der Waals surface area contributed by atoms with Crippen molar-refractivity contribution in [2.45, 2.75) is 6.92 Å². The van der Waals surface area contributed by atoms with Crippen LogP contribution in [0.3, 0.4) is 0 Å². The van der Waals surface area contributed by atoms with Crippen LogP contribution in [0.15, 0.2) is 77.9 Å². The zero-order valence-corrected chi connectivity index (χ0v) is 13.3. The third-order valence-electron chi connectivity index (χ3n) is 4.31. The van der Waals surface area contributed by atoms with Crippen LogP contribution >= 0.6 is 0 Å². The van der Waals surface area contributed by atoms with Crippen molar-refractivity contribution >= 4 is 10.9 Å². The lowest BCUT2D eigenvalue weighted by Crippen LogP contribution is -2.11. The number of aromatic nitrogens is 2. The molecule has 2 heterocycles. The van der Waals surface area contributed by atoms with Gasteiger partial charge in [0, 0.05) is 28.9 Å². The fourth-order valence-corrected chi connectivity index (χ4v) is 3.17. The molecule has 0 fully saturated rings. The number of rotatable bonds is 2. The van der Waals surface area contributed by atoms with E-state index in [0.717, 1.165) is 33.2 Å². The number of H-pyrrole nitrogens is 1. The van der Waals surface area contributed by atoms with Crippen LogP contribution in [0.5, 0.6) is 0 Å². The topological polar surface area (TPSA) is 45.8 Å². The van der Waals surface area contributed by atoms with E-state index in [1.807, 2.05) is 67.6 Å². The summed E-state index contributed by atoms with van der Waals surface area (Å²) in [6.07, 6.45) is 3.51. The van der Waals surface area contributed by atoms with E-state index < -0.39 is 0 Å². The van der Waals surface area contributed by atoms with Gasteiger partial charge in [-0.3, -0.25) is 9.78 Å². The lowest BCUT2D eigenvalue weighted by molar-refractivity contribution is 1.29. The molecule has 0 spiro atoms. The molecule has 3 nitrogen and oxygen atoms in total. The Bertz CT molecular complexity index is 1080. The molecule has 0 aliphatic carbocycles. The van der Waals surface area contributed by atoms with Gasteiger partial charge in [-0.1, -0.05) is 42.5 Å². The lowest BCUT2D eigenvalue weighted by atomic mass is 9.91. The van der Waals surface area contributed by atoms with Gasteiger partial charge in [0.2, 0.25) is 0 Å². The second kappa shape index (κ2) is 5.78. The minimum Gasteiger partial charge on any atom is -0.321 e. The molecule has 4 aromatic rings. The third kappa shape index (κ3) is 2.31. The van der Waals surface area contributed by atoms with E-state index >= 15 is 0 Å². The van der Waals surface area contributed by atoms with Gasteiger partial charge < -0.3 is 4.98 Å². The molecule has 0 unspecified atom stereocenters. The summed E-state index contributed by atoms with van der Waals surface area (Å²) in [7, 11) is 0. The number of hydrogen-bond donors (Lipinski definition) is 1. The Balaban J connectivity index is 2.20. The number of para-hydroxylation sites is 1. The van der Waals surface area contributed by atoms with E-state index in [1.165, 1.54) is 0 Å². The van der Waals surface area contributed by atoms with Crippen LogP contribution in [0, 0.1) is 6.92 Å². The van der Waals surface area contributed by atoms with Crippen LogP contribution in [-0.4, -0.2) is 9.97 Å². The molecule has 0 saturated heterocycles. The highest BCUT2D eigenvalue weighted by Crippen LogP contribution is 2.35. The highest BCUT2D eigenvalue weighted by molar-refractivity contribution is 6.02. The molecule has 116 valence electrons. The fraction of sp³-hybridized carbons (Fsp3) is 0.0476. The summed E-state index contributed by atoms with van der Waals surface area (Å²) in [6, 6.07) is 19.8. The molecular formula is C21H16N2O. The van der Waals surface area contributed by atoms with Crippen molar-refractivity contribution in [3.63, 3.8) is 0 Å². The molecule has 2 aromatic heterocycles. The highest BCUT2D eigenvalue weighted by Gasteiger charge is 2.17. The van der Waals surface area contributed by atoms with Crippen LogP contribution in [0.1, 0.15) is 5.56 Å². The molecule has 0 radical (unpaired) electrons. The standard InChI is InChI=1S/C21H16N2O/c1-14-6-2-3-7-16(14)20-19(15-10-12-22-13-11-15)17-8-4-5-9-18(17)23-21(20)24/h2-13H,1H3,(H,23,24). The van der Waals surface area contributed by atoms with E-state index in [2.05, 4.69) is 9.97 Å². The summed E-state index contributed by atoms with van der Waals surface area (Å²) in [5.74, 6) is 0. The largest absolute Gasteiger partial charge is 0.321 e. The summed E-state index contributed by atoms with van der Waals surface area (Å²) < 4.78 is 0. The van der Waals surface area contributed by atoms with E-state index in [-0.39, 0.29) is 5.56 Å². The van der Waals surface area contributed by atoms with Gasteiger partial charge in [0.1, 0.15) is 0 Å². The van der Waals surface area contributed by atoms with Crippen LogP contribution in [-0.2, 0) is 0 Å². The lowest BCUT2D eigenvalue weighted by Gasteiger charge is -2.14. The average Bonchev–Trinajstić information content (AvgIpc) is 2.62. The first-order chi connectivity index (χ1) is 11.8. The van der Waals surface area contributed by atoms with Crippen molar-refractivity contribution in [2.75, 3.05) is 0 Å². The van der Waals surface area contributed by atoms with Crippen molar-refractivity contribution in [1.82, 2.24) is 9.97 Å². The summed E-state index contributed by atoms with van der Waals surface area (Å²) in [6.45, 7) is 2.03. The molecule has 0 aliphatic heterocycles. The molecule has 2 aromatic carbocycles. The first-order valence-corrected chi connectivity index (χ1v) is 7.87. The molecule has 0 atom stereocenters. The Kier molecular flexibility index (Phi) is 3.47. The van der Waals surface area contributed by atoms with Gasteiger partial charge in [0.25, 0.3) is 5.56 Å². The molecule has 0 saturated carbocycles. The molecule has 1 N–H and O–H groups in total. The SMILES string of the molecule is Cc1ccccc1-c1c(-c2ccncc2)c2ccccc2[nH]c1=O. The quantitative estimate of drug-likeness (QED) is 0.589. The fourth-order valence-electron chi connectivity index (χ4n) is 3.17. The molecule has 24 heavy (non-hydrogen) atoms. The number of pyridine rings is 2. The Morgan fingerprint density at radius 2 is 1.54 bits per heavy atom. The molecule has 0 bridgehead atoms. The predicted molar refractivity (Wildman–Crippen MR) is 98.0 cm³/mol. The second-order valence-corrected chi connectivity index (χ2v) is 5.80. The van der Waals surface area contributed by atoms with Crippen LogP contribution in [0.25, 0.3) is 33.2 Å². The first-order valence-electron chi connectivity index (χ1n) is 7.87. The minimum absolute atomic E-state index is 0.0742. The molecule has 4 rings (SSSR count). The number of nitrogens with zero attached hydrogens (tertiary/aromatic N) is 1. The first kappa shape index (κ1) is 14.4. The van der Waals surface area contributed by atoms with Crippen molar-refractivity contribution in [1.29, 1.82) is 0 Å². The summed E-state index contributed by atoms with van der Waals surface area (Å²) >= 11 is 0. The van der Waals surface area contributed by atoms with E-state index in [4.69, 9.17) is 0 Å². The maximum absolute atomic E-state index is 12.9. The van der Waals surface area contributed by atoms with Crippen molar-refractivity contribution < 1.29 is 0 Å². The van der Waals surface area contributed by atoms with Crippen molar-refractivity contribution in [3.8, 4) is 22.3 Å². The Labute approximate surface area is 139 Å². The van der Waals surface area contributed by atoms with Gasteiger partial charge in [0.15, 0.2) is 0 Å². The van der Waals surface area contributed by atoms with Crippen LogP contribution < -0.4 is 5.56 Å². The minimum atomic E-state index is -0.0742. The zero-order chi connectivity index (χ0) is 16.5. The van der Waals surface area contributed by atoms with Crippen molar-refractivity contribution in [2.24, 2.45) is 0 Å². The number of hydrogen-bond acceptors (Lipinski definition) is 2. The maximum atomic E-state index is 12.9. The Morgan fingerprint density at radius 3 is 2.33 bits per heavy atom. The predicted octanol–water partition coefficient (Wildman–Crippen LogP) is 4.57. The highest BCUT2D eigenvalue weighted by atomic mass is 16.1. The average molecular weight is 312 g/mol. The third-order valence-corrected chi connectivity index (χ3v) is 4.31. The summed E-state index contributed by atoms with van der Waals surface area (Å²) in [4.78, 5) is 20.0. The van der Waals surface area contributed by atoms with Gasteiger partial charge >= 0.3 is 0 Å². The van der Waals surface area contributed by atoms with E-state index in [1.54, 1.807) is 12.4 Å². The van der Waals surface area contributed by atoms with Gasteiger partial charge in [-0.2, -0.15) is 0 Å². The Morgan fingerprint density at radius 1 is 0.833 bits per heavy atom. The molecule has 3 heteroatoms. The molecule has 0 aliphatic rings. The zero-order valence-electron chi connectivity index (χ0n) is 13.3. The van der Waals surface area contributed by atoms with Crippen molar-refractivity contribution in [3.05, 3.63) is 89.0 Å². The van der Waals surface area contributed by atoms with Crippen LogP contribution in [0.2, 0.25) is 0 Å². The number of fused-ring (bicyclic) bond motifs is 1. The Hall–Kier alpha value is -3.20. The monoisotopic (exact) mass is 312 g/mol. The second-order valence-electron chi connectivity index (χ2n) is 5.80. The smallest absolute Gasteiger partial charge is 0.256 e. The van der Waals surface area contributed by atoms with Gasteiger partial charge in [0.05, 0.1) is 5.56 Å². The van der Waals surface area contributed by atoms with Gasteiger partial charge in [-0.15, -0.1) is 0 Å². The maximum Gasteiger partial charge on any atom is 0.256 e. The number of benzene rings is 2. The van der Waals surface area contributed by atoms with Gasteiger partial charge in [-0.25, -0.2) is 0 Å². The van der Waals surface area contributed by atoms with Gasteiger partial charge in [-0.05, 0) is 41.8 Å². The van der Waals surface area contributed by atoms with E-state index in [9.17, 15) is 4.79 Å². The number of aromatic amines is 1. The molecular weight excluding hydrogens is 296 g/mol. The number of nitrogens with one attached hydrogen (secondary N) is 1. The summed E-state index contributed by atoms with van der Waals surface area (Å²) in [5, 5.41) is 1.03.